The van der Waals surface area contributed by atoms with Gasteiger partial charge in [0.15, 0.2) is 0 Å². The van der Waals surface area contributed by atoms with Crippen molar-refractivity contribution in [2.45, 2.75) is 32.4 Å². The summed E-state index contributed by atoms with van der Waals surface area (Å²) < 4.78 is 2.30. The van der Waals surface area contributed by atoms with Crippen LogP contribution in [-0.4, -0.2) is 35.1 Å². The zero-order chi connectivity index (χ0) is 13.9. The Morgan fingerprint density at radius 3 is 2.95 bits per heavy atom. The summed E-state index contributed by atoms with van der Waals surface area (Å²) in [5.74, 6) is 0. The number of hydrogen-bond donors (Lipinski definition) is 1. The zero-order valence-electron chi connectivity index (χ0n) is 12.6. The maximum Gasteiger partial charge on any atom is 0.0480 e. The molecule has 1 aromatic heterocycles. The minimum atomic E-state index is 0.731. The number of likely N-dealkylation sites (tertiary alicyclic amines) is 1. The fourth-order valence-electron chi connectivity index (χ4n) is 3.43. The summed E-state index contributed by atoms with van der Waals surface area (Å²) in [6.07, 6.45) is 2.70. The molecule has 1 aliphatic rings. The number of benzene rings is 1. The third-order valence-corrected chi connectivity index (χ3v) is 4.64. The Bertz CT molecular complexity index is 573. The molecule has 0 bridgehead atoms. The molecule has 3 nitrogen and oxygen atoms in total. The minimum absolute atomic E-state index is 0.731. The molecule has 20 heavy (non-hydrogen) atoms. The Labute approximate surface area is 121 Å². The lowest BCUT2D eigenvalue weighted by Gasteiger charge is -2.23. The highest BCUT2D eigenvalue weighted by atomic mass is 15.2. The average molecular weight is 271 g/mol. The van der Waals surface area contributed by atoms with Gasteiger partial charge in [-0.15, -0.1) is 0 Å². The molecular weight excluding hydrogens is 246 g/mol. The van der Waals surface area contributed by atoms with E-state index in [4.69, 9.17) is 0 Å². The third-order valence-electron chi connectivity index (χ3n) is 4.64. The van der Waals surface area contributed by atoms with Crippen LogP contribution in [0, 0.1) is 0 Å². The fourth-order valence-corrected chi connectivity index (χ4v) is 3.43. The van der Waals surface area contributed by atoms with Gasteiger partial charge in [-0.3, -0.25) is 4.90 Å². The fraction of sp³-hybridized carbons (Fsp3) is 0.529. The van der Waals surface area contributed by atoms with E-state index in [-0.39, 0.29) is 0 Å². The van der Waals surface area contributed by atoms with Crippen LogP contribution in [0.1, 0.15) is 25.5 Å². The monoisotopic (exact) mass is 271 g/mol. The molecule has 1 fully saturated rings. The van der Waals surface area contributed by atoms with Crippen molar-refractivity contribution in [1.82, 2.24) is 14.8 Å². The summed E-state index contributed by atoms with van der Waals surface area (Å²) in [7, 11) is 2.16. The summed E-state index contributed by atoms with van der Waals surface area (Å²) in [5, 5.41) is 4.98. The maximum atomic E-state index is 3.65. The molecule has 1 N–H and O–H groups in total. The van der Waals surface area contributed by atoms with Crippen LogP contribution < -0.4 is 5.32 Å². The van der Waals surface area contributed by atoms with E-state index in [0.717, 1.165) is 19.1 Å². The first kappa shape index (κ1) is 13.7. The summed E-state index contributed by atoms with van der Waals surface area (Å²) in [6.45, 7) is 6.79. The van der Waals surface area contributed by atoms with Crippen LogP contribution in [0.25, 0.3) is 10.9 Å². The van der Waals surface area contributed by atoms with Crippen molar-refractivity contribution < 1.29 is 0 Å². The molecular formula is C17H25N3. The normalized spacial score (nSPS) is 20.0. The van der Waals surface area contributed by atoms with Gasteiger partial charge in [-0.1, -0.05) is 25.1 Å². The van der Waals surface area contributed by atoms with Crippen LogP contribution in [0.15, 0.2) is 30.3 Å². The van der Waals surface area contributed by atoms with Gasteiger partial charge in [0.1, 0.15) is 0 Å². The van der Waals surface area contributed by atoms with Gasteiger partial charge in [0, 0.05) is 37.4 Å². The second kappa shape index (κ2) is 5.98. The average Bonchev–Trinajstić information content (AvgIpc) is 3.05. The van der Waals surface area contributed by atoms with Gasteiger partial charge in [0.05, 0.1) is 0 Å². The minimum Gasteiger partial charge on any atom is -0.346 e. The largest absolute Gasteiger partial charge is 0.346 e. The van der Waals surface area contributed by atoms with Crippen molar-refractivity contribution in [3.8, 4) is 0 Å². The lowest BCUT2D eigenvalue weighted by Crippen LogP contribution is -2.37. The van der Waals surface area contributed by atoms with Gasteiger partial charge in [-0.05, 0) is 43.5 Å². The van der Waals surface area contributed by atoms with Crippen LogP contribution in [0.5, 0.6) is 0 Å². The van der Waals surface area contributed by atoms with E-state index in [1.807, 2.05) is 0 Å². The number of rotatable bonds is 5. The highest BCUT2D eigenvalue weighted by molar-refractivity contribution is 5.81. The van der Waals surface area contributed by atoms with E-state index in [1.54, 1.807) is 0 Å². The second-order valence-electron chi connectivity index (χ2n) is 5.81. The van der Waals surface area contributed by atoms with E-state index in [2.05, 4.69) is 59.1 Å². The molecule has 1 saturated heterocycles. The molecule has 1 aromatic carbocycles. The van der Waals surface area contributed by atoms with E-state index in [0.29, 0.717) is 0 Å². The quantitative estimate of drug-likeness (QED) is 0.902. The van der Waals surface area contributed by atoms with E-state index >= 15 is 0 Å². The molecule has 1 atom stereocenters. The van der Waals surface area contributed by atoms with Gasteiger partial charge >= 0.3 is 0 Å². The zero-order valence-corrected chi connectivity index (χ0v) is 12.6. The predicted molar refractivity (Wildman–Crippen MR) is 84.9 cm³/mol. The predicted octanol–water partition coefficient (Wildman–Crippen LogP) is 2.75. The van der Waals surface area contributed by atoms with Crippen LogP contribution in [0.2, 0.25) is 0 Å². The van der Waals surface area contributed by atoms with Gasteiger partial charge in [0.25, 0.3) is 0 Å². The molecule has 0 saturated carbocycles. The smallest absolute Gasteiger partial charge is 0.0480 e. The maximum absolute atomic E-state index is 3.65. The first-order valence-corrected chi connectivity index (χ1v) is 7.77. The summed E-state index contributed by atoms with van der Waals surface area (Å²) in [5.41, 5.74) is 2.69. The highest BCUT2D eigenvalue weighted by Gasteiger charge is 2.22. The number of likely N-dealkylation sites (N-methyl/N-ethyl adjacent to an activating group) is 1. The molecule has 0 spiro atoms. The van der Waals surface area contributed by atoms with Gasteiger partial charge in [-0.25, -0.2) is 0 Å². The Morgan fingerprint density at radius 1 is 1.30 bits per heavy atom. The molecule has 0 radical (unpaired) electrons. The summed E-state index contributed by atoms with van der Waals surface area (Å²) in [6, 6.07) is 11.6. The van der Waals surface area contributed by atoms with Crippen LogP contribution in [0.4, 0.5) is 0 Å². The molecule has 2 aromatic rings. The van der Waals surface area contributed by atoms with Crippen LogP contribution in [-0.2, 0) is 13.6 Å². The number of nitrogens with one attached hydrogen (secondary N) is 1. The molecule has 108 valence electrons. The Kier molecular flexibility index (Phi) is 4.08. The van der Waals surface area contributed by atoms with Crippen molar-refractivity contribution in [3.05, 3.63) is 36.0 Å². The Morgan fingerprint density at radius 2 is 2.15 bits per heavy atom. The van der Waals surface area contributed by atoms with Crippen LogP contribution in [0.3, 0.4) is 0 Å². The van der Waals surface area contributed by atoms with E-state index in [9.17, 15) is 0 Å². The molecule has 2 heterocycles. The highest BCUT2D eigenvalue weighted by Crippen LogP contribution is 2.19. The number of fused-ring (bicyclic) bond motifs is 1. The van der Waals surface area contributed by atoms with E-state index in [1.165, 1.54) is 42.5 Å². The number of nitrogens with zero attached hydrogens (tertiary/aromatic N) is 2. The van der Waals surface area contributed by atoms with Crippen molar-refractivity contribution in [2.24, 2.45) is 7.05 Å². The number of hydrogen-bond acceptors (Lipinski definition) is 2. The molecule has 0 amide bonds. The van der Waals surface area contributed by atoms with Gasteiger partial charge < -0.3 is 9.88 Å². The third kappa shape index (κ3) is 2.60. The lowest BCUT2D eigenvalue weighted by atomic mass is 10.2. The SMILES string of the molecule is CCN1CCCC1CNCc1cc2ccccc2n1C. The Balaban J connectivity index is 1.61. The summed E-state index contributed by atoms with van der Waals surface area (Å²) in [4.78, 5) is 2.59. The lowest BCUT2D eigenvalue weighted by molar-refractivity contribution is 0.259. The molecule has 0 aliphatic carbocycles. The number of aryl methyl sites for hydroxylation is 1. The molecule has 1 aliphatic heterocycles. The van der Waals surface area contributed by atoms with Gasteiger partial charge in [-0.2, -0.15) is 0 Å². The first-order chi connectivity index (χ1) is 9.79. The van der Waals surface area contributed by atoms with Crippen molar-refractivity contribution in [1.29, 1.82) is 0 Å². The van der Waals surface area contributed by atoms with Crippen molar-refractivity contribution >= 4 is 10.9 Å². The first-order valence-electron chi connectivity index (χ1n) is 7.77. The number of para-hydroxylation sites is 1. The summed E-state index contributed by atoms with van der Waals surface area (Å²) >= 11 is 0. The molecule has 1 unspecified atom stereocenters. The number of aromatic nitrogens is 1. The van der Waals surface area contributed by atoms with Crippen LogP contribution >= 0.6 is 0 Å². The topological polar surface area (TPSA) is 20.2 Å². The van der Waals surface area contributed by atoms with E-state index < -0.39 is 0 Å². The van der Waals surface area contributed by atoms with Crippen molar-refractivity contribution in [3.63, 3.8) is 0 Å². The standard InChI is InChI=1S/C17H25N3/c1-3-20-10-6-8-15(20)12-18-13-16-11-14-7-4-5-9-17(14)19(16)2/h4-5,7,9,11,15,18H,3,6,8,10,12-13H2,1-2H3. The second-order valence-corrected chi connectivity index (χ2v) is 5.81. The van der Waals surface area contributed by atoms with Crippen molar-refractivity contribution in [2.75, 3.05) is 19.6 Å². The Hall–Kier alpha value is -1.32. The molecule has 3 heteroatoms. The molecule has 3 rings (SSSR count). The van der Waals surface area contributed by atoms with Gasteiger partial charge in [0.2, 0.25) is 0 Å².